The molecule has 0 aromatic heterocycles. The fraction of sp³-hybridized carbons (Fsp3) is 0.562. The van der Waals surface area contributed by atoms with Gasteiger partial charge >= 0.3 is 0 Å². The lowest BCUT2D eigenvalue weighted by molar-refractivity contribution is -0.0233. The van der Waals surface area contributed by atoms with Crippen molar-refractivity contribution in [3.8, 4) is 11.5 Å². The van der Waals surface area contributed by atoms with Crippen LogP contribution in [0.15, 0.2) is 18.2 Å². The quantitative estimate of drug-likeness (QED) is 0.643. The summed E-state index contributed by atoms with van der Waals surface area (Å²) < 4.78 is 0. The van der Waals surface area contributed by atoms with Crippen LogP contribution >= 0.6 is 0 Å². The molecule has 0 bridgehead atoms. The fourth-order valence-electron chi connectivity index (χ4n) is 2.58. The van der Waals surface area contributed by atoms with Gasteiger partial charge in [0.2, 0.25) is 0 Å². The number of phenols is 2. The van der Waals surface area contributed by atoms with E-state index in [0.29, 0.717) is 12.8 Å². The number of benzene rings is 1. The van der Waals surface area contributed by atoms with Crippen LogP contribution in [0.5, 0.6) is 11.5 Å². The molecule has 5 nitrogen and oxygen atoms in total. The highest BCUT2D eigenvalue weighted by atomic mass is 16.3. The van der Waals surface area contributed by atoms with Crippen LogP contribution in [0, 0.1) is 5.41 Å². The van der Waals surface area contributed by atoms with E-state index in [4.69, 9.17) is 0 Å². The lowest BCUT2D eigenvalue weighted by Crippen LogP contribution is -2.46. The van der Waals surface area contributed by atoms with Gasteiger partial charge in [0.05, 0.1) is 5.60 Å². The SMILES string of the molecule is CC1(C)CCC(O)(CNC(=O)c2ccc(O)c(O)c2)CC1. The van der Waals surface area contributed by atoms with Crippen LogP contribution < -0.4 is 5.32 Å². The minimum Gasteiger partial charge on any atom is -0.504 e. The summed E-state index contributed by atoms with van der Waals surface area (Å²) >= 11 is 0. The zero-order chi connectivity index (χ0) is 15.7. The summed E-state index contributed by atoms with van der Waals surface area (Å²) in [5, 5.41) is 31.8. The molecule has 0 radical (unpaired) electrons. The number of carbonyl (C=O) groups is 1. The van der Waals surface area contributed by atoms with E-state index in [0.717, 1.165) is 12.8 Å². The Morgan fingerprint density at radius 2 is 1.76 bits per heavy atom. The van der Waals surface area contributed by atoms with Gasteiger partial charge in [0.25, 0.3) is 5.91 Å². The first-order chi connectivity index (χ1) is 9.71. The molecule has 0 saturated heterocycles. The summed E-state index contributed by atoms with van der Waals surface area (Å²) in [6, 6.07) is 3.90. The molecular formula is C16H23NO4. The summed E-state index contributed by atoms with van der Waals surface area (Å²) in [4.78, 5) is 12.0. The Morgan fingerprint density at radius 1 is 1.14 bits per heavy atom. The van der Waals surface area contributed by atoms with Crippen LogP contribution in [-0.2, 0) is 0 Å². The Bertz CT molecular complexity index is 529. The van der Waals surface area contributed by atoms with Crippen LogP contribution in [0.25, 0.3) is 0 Å². The number of amides is 1. The van der Waals surface area contributed by atoms with Crippen molar-refractivity contribution in [1.82, 2.24) is 5.32 Å². The molecule has 1 saturated carbocycles. The first kappa shape index (κ1) is 15.6. The molecule has 0 unspecified atom stereocenters. The summed E-state index contributed by atoms with van der Waals surface area (Å²) in [5.41, 5.74) is -0.353. The zero-order valence-corrected chi connectivity index (χ0v) is 12.5. The van der Waals surface area contributed by atoms with Crippen molar-refractivity contribution < 1.29 is 20.1 Å². The van der Waals surface area contributed by atoms with E-state index in [1.54, 1.807) is 0 Å². The van der Waals surface area contributed by atoms with Gasteiger partial charge < -0.3 is 20.6 Å². The second-order valence-corrected chi connectivity index (χ2v) is 6.77. The summed E-state index contributed by atoms with van der Waals surface area (Å²) in [7, 11) is 0. The highest BCUT2D eigenvalue weighted by molar-refractivity contribution is 5.94. The molecule has 0 atom stereocenters. The molecule has 1 fully saturated rings. The molecular weight excluding hydrogens is 270 g/mol. The lowest BCUT2D eigenvalue weighted by atomic mass is 9.71. The molecule has 1 amide bonds. The molecule has 5 heteroatoms. The highest BCUT2D eigenvalue weighted by Crippen LogP contribution is 2.39. The summed E-state index contributed by atoms with van der Waals surface area (Å²) in [6.45, 7) is 4.57. The predicted molar refractivity (Wildman–Crippen MR) is 79.3 cm³/mol. The van der Waals surface area contributed by atoms with Crippen molar-refractivity contribution in [3.05, 3.63) is 23.8 Å². The van der Waals surface area contributed by atoms with E-state index in [-0.39, 0.29) is 34.9 Å². The number of aliphatic hydroxyl groups is 1. The molecule has 0 aliphatic heterocycles. The number of hydrogen-bond donors (Lipinski definition) is 4. The number of hydrogen-bond acceptors (Lipinski definition) is 4. The van der Waals surface area contributed by atoms with Crippen molar-refractivity contribution in [2.75, 3.05) is 6.54 Å². The number of rotatable bonds is 3. The maximum Gasteiger partial charge on any atom is 0.251 e. The Labute approximate surface area is 124 Å². The van der Waals surface area contributed by atoms with Crippen molar-refractivity contribution in [2.24, 2.45) is 5.41 Å². The van der Waals surface area contributed by atoms with E-state index in [9.17, 15) is 20.1 Å². The van der Waals surface area contributed by atoms with Gasteiger partial charge in [-0.25, -0.2) is 0 Å². The first-order valence-electron chi connectivity index (χ1n) is 7.23. The number of carbonyl (C=O) groups excluding carboxylic acids is 1. The number of nitrogens with one attached hydrogen (secondary N) is 1. The van der Waals surface area contributed by atoms with E-state index in [2.05, 4.69) is 19.2 Å². The van der Waals surface area contributed by atoms with Gasteiger partial charge in [-0.1, -0.05) is 13.8 Å². The van der Waals surface area contributed by atoms with Gasteiger partial charge in [-0.15, -0.1) is 0 Å². The molecule has 1 aromatic rings. The molecule has 2 rings (SSSR count). The van der Waals surface area contributed by atoms with E-state index in [1.165, 1.54) is 18.2 Å². The van der Waals surface area contributed by atoms with E-state index in [1.807, 2.05) is 0 Å². The van der Waals surface area contributed by atoms with Crippen molar-refractivity contribution in [1.29, 1.82) is 0 Å². The third kappa shape index (κ3) is 3.88. The maximum absolute atomic E-state index is 12.0. The van der Waals surface area contributed by atoms with Gasteiger partial charge in [-0.05, 0) is 49.3 Å². The van der Waals surface area contributed by atoms with Gasteiger partial charge in [0, 0.05) is 12.1 Å². The lowest BCUT2D eigenvalue weighted by Gasteiger charge is -2.40. The Morgan fingerprint density at radius 3 is 2.33 bits per heavy atom. The van der Waals surface area contributed by atoms with Gasteiger partial charge in [-0.2, -0.15) is 0 Å². The second-order valence-electron chi connectivity index (χ2n) is 6.77. The molecule has 0 spiro atoms. The minimum atomic E-state index is -0.857. The van der Waals surface area contributed by atoms with Gasteiger partial charge in [0.15, 0.2) is 11.5 Å². The second kappa shape index (κ2) is 5.56. The van der Waals surface area contributed by atoms with Crippen LogP contribution in [-0.4, -0.2) is 33.4 Å². The minimum absolute atomic E-state index is 0.198. The smallest absolute Gasteiger partial charge is 0.251 e. The van der Waals surface area contributed by atoms with Gasteiger partial charge in [0.1, 0.15) is 0 Å². The van der Waals surface area contributed by atoms with Crippen LogP contribution in [0.3, 0.4) is 0 Å². The van der Waals surface area contributed by atoms with Crippen molar-refractivity contribution >= 4 is 5.91 Å². The molecule has 116 valence electrons. The van der Waals surface area contributed by atoms with Crippen molar-refractivity contribution in [3.63, 3.8) is 0 Å². The predicted octanol–water partition coefficient (Wildman–Crippen LogP) is 2.16. The number of phenolic OH excluding ortho intramolecular Hbond substituents is 2. The number of aromatic hydroxyl groups is 2. The Balaban J connectivity index is 1.93. The average molecular weight is 293 g/mol. The fourth-order valence-corrected chi connectivity index (χ4v) is 2.58. The normalized spacial score (nSPS) is 20.0. The monoisotopic (exact) mass is 293 g/mol. The molecule has 21 heavy (non-hydrogen) atoms. The van der Waals surface area contributed by atoms with Crippen molar-refractivity contribution in [2.45, 2.75) is 45.1 Å². The summed E-state index contributed by atoms with van der Waals surface area (Å²) in [6.07, 6.45) is 3.20. The topological polar surface area (TPSA) is 89.8 Å². The average Bonchev–Trinajstić information content (AvgIpc) is 2.43. The Hall–Kier alpha value is -1.75. The van der Waals surface area contributed by atoms with Gasteiger partial charge in [-0.3, -0.25) is 4.79 Å². The third-order valence-electron chi connectivity index (χ3n) is 4.35. The maximum atomic E-state index is 12.0. The zero-order valence-electron chi connectivity index (χ0n) is 12.5. The molecule has 1 aromatic carbocycles. The molecule has 4 N–H and O–H groups in total. The van der Waals surface area contributed by atoms with E-state index >= 15 is 0 Å². The molecule has 1 aliphatic carbocycles. The summed E-state index contributed by atoms with van der Waals surface area (Å²) in [5.74, 6) is -0.968. The third-order valence-corrected chi connectivity index (χ3v) is 4.35. The molecule has 1 aliphatic rings. The first-order valence-corrected chi connectivity index (χ1v) is 7.23. The van der Waals surface area contributed by atoms with Crippen LogP contribution in [0.4, 0.5) is 0 Å². The highest BCUT2D eigenvalue weighted by Gasteiger charge is 2.36. The standard InChI is InChI=1S/C16H23NO4/c1-15(2)5-7-16(21,8-6-15)10-17-14(20)11-3-4-12(18)13(19)9-11/h3-4,9,18-19,21H,5-8,10H2,1-2H3,(H,17,20). The largest absolute Gasteiger partial charge is 0.504 e. The van der Waals surface area contributed by atoms with Crippen LogP contribution in [0.1, 0.15) is 49.9 Å². The Kier molecular flexibility index (Phi) is 4.14. The molecule has 0 heterocycles. The van der Waals surface area contributed by atoms with Crippen LogP contribution in [0.2, 0.25) is 0 Å². The van der Waals surface area contributed by atoms with E-state index < -0.39 is 5.60 Å².